The molecule has 0 bridgehead atoms. The SMILES string of the molecule is COc1cc(C)cc(C2CCCN2)c1Cl. The molecule has 1 unspecified atom stereocenters. The lowest BCUT2D eigenvalue weighted by molar-refractivity contribution is 0.413. The van der Waals surface area contributed by atoms with E-state index in [4.69, 9.17) is 16.3 Å². The van der Waals surface area contributed by atoms with Gasteiger partial charge in [0.25, 0.3) is 0 Å². The molecule has 1 aliphatic rings. The Morgan fingerprint density at radius 3 is 2.87 bits per heavy atom. The van der Waals surface area contributed by atoms with E-state index in [2.05, 4.69) is 18.3 Å². The minimum Gasteiger partial charge on any atom is -0.495 e. The molecule has 3 heteroatoms. The van der Waals surface area contributed by atoms with E-state index in [1.807, 2.05) is 6.07 Å². The predicted octanol–water partition coefficient (Wildman–Crippen LogP) is 3.08. The molecule has 0 radical (unpaired) electrons. The highest BCUT2D eigenvalue weighted by Gasteiger charge is 2.20. The first kappa shape index (κ1) is 10.8. The van der Waals surface area contributed by atoms with E-state index in [0.29, 0.717) is 6.04 Å². The van der Waals surface area contributed by atoms with Crippen molar-refractivity contribution in [2.75, 3.05) is 13.7 Å². The Hall–Kier alpha value is -0.730. The van der Waals surface area contributed by atoms with Gasteiger partial charge in [0.05, 0.1) is 12.1 Å². The first-order valence-electron chi connectivity index (χ1n) is 5.30. The van der Waals surface area contributed by atoms with Crippen molar-refractivity contribution in [3.05, 3.63) is 28.3 Å². The summed E-state index contributed by atoms with van der Waals surface area (Å²) in [5, 5.41) is 4.20. The van der Waals surface area contributed by atoms with Crippen LogP contribution in [-0.4, -0.2) is 13.7 Å². The number of ether oxygens (including phenoxy) is 1. The summed E-state index contributed by atoms with van der Waals surface area (Å²) in [6, 6.07) is 4.51. The average Bonchev–Trinajstić information content (AvgIpc) is 2.74. The molecule has 1 aliphatic heterocycles. The van der Waals surface area contributed by atoms with Gasteiger partial charge in [-0.05, 0) is 43.5 Å². The van der Waals surface area contributed by atoms with Gasteiger partial charge in [0.2, 0.25) is 0 Å². The van der Waals surface area contributed by atoms with Crippen LogP contribution in [0.1, 0.15) is 30.0 Å². The molecule has 0 saturated carbocycles. The second-order valence-electron chi connectivity index (χ2n) is 4.02. The van der Waals surface area contributed by atoms with Gasteiger partial charge in [0, 0.05) is 6.04 Å². The molecule has 1 aromatic rings. The molecule has 2 rings (SSSR count). The molecule has 1 heterocycles. The molecule has 1 atom stereocenters. The number of nitrogens with one attached hydrogen (secondary N) is 1. The Balaban J connectivity index is 2.40. The maximum Gasteiger partial charge on any atom is 0.138 e. The smallest absolute Gasteiger partial charge is 0.138 e. The summed E-state index contributed by atoms with van der Waals surface area (Å²) in [6.07, 6.45) is 2.38. The van der Waals surface area contributed by atoms with E-state index < -0.39 is 0 Å². The Kier molecular flexibility index (Phi) is 3.17. The van der Waals surface area contributed by atoms with Crippen molar-refractivity contribution in [3.63, 3.8) is 0 Å². The molecule has 0 aliphatic carbocycles. The normalized spacial score (nSPS) is 20.6. The van der Waals surface area contributed by atoms with Crippen LogP contribution in [0.3, 0.4) is 0 Å². The molecule has 82 valence electrons. The van der Waals surface area contributed by atoms with E-state index in [1.165, 1.54) is 17.5 Å². The largest absolute Gasteiger partial charge is 0.495 e. The van der Waals surface area contributed by atoms with E-state index in [0.717, 1.165) is 23.7 Å². The summed E-state index contributed by atoms with van der Waals surface area (Å²) in [7, 11) is 1.66. The average molecular weight is 226 g/mol. The van der Waals surface area contributed by atoms with Gasteiger partial charge in [-0.1, -0.05) is 17.7 Å². The van der Waals surface area contributed by atoms with Gasteiger partial charge in [-0.25, -0.2) is 0 Å². The maximum atomic E-state index is 6.30. The quantitative estimate of drug-likeness (QED) is 0.835. The minimum absolute atomic E-state index is 0.395. The maximum absolute atomic E-state index is 6.30. The first-order valence-corrected chi connectivity index (χ1v) is 5.67. The van der Waals surface area contributed by atoms with Crippen LogP contribution in [0.4, 0.5) is 0 Å². The second-order valence-corrected chi connectivity index (χ2v) is 4.40. The fourth-order valence-electron chi connectivity index (χ4n) is 2.11. The third kappa shape index (κ3) is 2.11. The summed E-state index contributed by atoms with van der Waals surface area (Å²) in [5.74, 6) is 0.778. The monoisotopic (exact) mass is 225 g/mol. The lowest BCUT2D eigenvalue weighted by atomic mass is 10.0. The Morgan fingerprint density at radius 1 is 1.47 bits per heavy atom. The van der Waals surface area contributed by atoms with Crippen molar-refractivity contribution < 1.29 is 4.74 Å². The van der Waals surface area contributed by atoms with Gasteiger partial charge in [0.1, 0.15) is 5.75 Å². The van der Waals surface area contributed by atoms with Crippen LogP contribution in [0.15, 0.2) is 12.1 Å². The highest BCUT2D eigenvalue weighted by Crippen LogP contribution is 2.36. The third-order valence-electron chi connectivity index (χ3n) is 2.87. The van der Waals surface area contributed by atoms with Crippen molar-refractivity contribution >= 4 is 11.6 Å². The number of hydrogen-bond donors (Lipinski definition) is 1. The number of rotatable bonds is 2. The van der Waals surface area contributed by atoms with Crippen LogP contribution < -0.4 is 10.1 Å². The lowest BCUT2D eigenvalue weighted by Gasteiger charge is -2.16. The molecule has 0 spiro atoms. The Labute approximate surface area is 95.6 Å². The van der Waals surface area contributed by atoms with Crippen LogP contribution in [-0.2, 0) is 0 Å². The first-order chi connectivity index (χ1) is 7.22. The van der Waals surface area contributed by atoms with Crippen molar-refractivity contribution in [2.24, 2.45) is 0 Å². The molecule has 15 heavy (non-hydrogen) atoms. The lowest BCUT2D eigenvalue weighted by Crippen LogP contribution is -2.13. The zero-order valence-corrected chi connectivity index (χ0v) is 9.90. The third-order valence-corrected chi connectivity index (χ3v) is 3.27. The molecule has 2 nitrogen and oxygen atoms in total. The van der Waals surface area contributed by atoms with Crippen LogP contribution in [0.5, 0.6) is 5.75 Å². The van der Waals surface area contributed by atoms with Gasteiger partial charge in [0.15, 0.2) is 0 Å². The summed E-state index contributed by atoms with van der Waals surface area (Å²) < 4.78 is 5.27. The Morgan fingerprint density at radius 2 is 2.27 bits per heavy atom. The van der Waals surface area contributed by atoms with E-state index in [9.17, 15) is 0 Å². The molecule has 0 aromatic heterocycles. The van der Waals surface area contributed by atoms with Crippen molar-refractivity contribution in [2.45, 2.75) is 25.8 Å². The molecule has 1 N–H and O–H groups in total. The fraction of sp³-hybridized carbons (Fsp3) is 0.500. The highest BCUT2D eigenvalue weighted by molar-refractivity contribution is 6.32. The summed E-state index contributed by atoms with van der Waals surface area (Å²) in [5.41, 5.74) is 2.37. The number of methoxy groups -OCH3 is 1. The zero-order chi connectivity index (χ0) is 10.8. The summed E-state index contributed by atoms with van der Waals surface area (Å²) >= 11 is 6.30. The standard InChI is InChI=1S/C12H16ClNO/c1-8-6-9(10-4-3-5-14-10)12(13)11(7-8)15-2/h6-7,10,14H,3-5H2,1-2H3. The minimum atomic E-state index is 0.395. The van der Waals surface area contributed by atoms with E-state index >= 15 is 0 Å². The fourth-order valence-corrected chi connectivity index (χ4v) is 2.43. The van der Waals surface area contributed by atoms with Gasteiger partial charge in [-0.15, -0.1) is 0 Å². The van der Waals surface area contributed by atoms with Crippen molar-refractivity contribution in [1.29, 1.82) is 0 Å². The van der Waals surface area contributed by atoms with Crippen molar-refractivity contribution in [1.82, 2.24) is 5.32 Å². The number of aryl methyl sites for hydroxylation is 1. The summed E-state index contributed by atoms with van der Waals surface area (Å²) in [6.45, 7) is 3.15. The van der Waals surface area contributed by atoms with Crippen LogP contribution >= 0.6 is 11.6 Å². The van der Waals surface area contributed by atoms with E-state index in [1.54, 1.807) is 7.11 Å². The molecule has 1 saturated heterocycles. The van der Waals surface area contributed by atoms with Gasteiger partial charge in [-0.3, -0.25) is 0 Å². The van der Waals surface area contributed by atoms with Gasteiger partial charge in [-0.2, -0.15) is 0 Å². The molecule has 0 amide bonds. The number of benzene rings is 1. The van der Waals surface area contributed by atoms with Crippen LogP contribution in [0.2, 0.25) is 5.02 Å². The van der Waals surface area contributed by atoms with E-state index in [-0.39, 0.29) is 0 Å². The van der Waals surface area contributed by atoms with Crippen LogP contribution in [0, 0.1) is 6.92 Å². The topological polar surface area (TPSA) is 21.3 Å². The van der Waals surface area contributed by atoms with Gasteiger partial charge >= 0.3 is 0 Å². The molecular weight excluding hydrogens is 210 g/mol. The van der Waals surface area contributed by atoms with Crippen LogP contribution in [0.25, 0.3) is 0 Å². The zero-order valence-electron chi connectivity index (χ0n) is 9.14. The second kappa shape index (κ2) is 4.42. The predicted molar refractivity (Wildman–Crippen MR) is 62.7 cm³/mol. The summed E-state index contributed by atoms with van der Waals surface area (Å²) in [4.78, 5) is 0. The van der Waals surface area contributed by atoms with Crippen molar-refractivity contribution in [3.8, 4) is 5.75 Å². The van der Waals surface area contributed by atoms with Gasteiger partial charge < -0.3 is 10.1 Å². The molecule has 1 aromatic carbocycles. The molecular formula is C12H16ClNO. The molecule has 1 fully saturated rings. The number of halogens is 1. The highest BCUT2D eigenvalue weighted by atomic mass is 35.5. The Bertz CT molecular complexity index is 359. The number of hydrogen-bond acceptors (Lipinski definition) is 2.